The number of aromatic nitrogens is 3. The van der Waals surface area contributed by atoms with E-state index in [2.05, 4.69) is 15.0 Å². The summed E-state index contributed by atoms with van der Waals surface area (Å²) in [5.41, 5.74) is 7.17. The van der Waals surface area contributed by atoms with Crippen molar-refractivity contribution in [2.45, 2.75) is 44.6 Å². The molecule has 1 spiro atoms. The van der Waals surface area contributed by atoms with Crippen molar-refractivity contribution >= 4 is 16.5 Å². The van der Waals surface area contributed by atoms with Crippen LogP contribution in [0.25, 0.3) is 10.6 Å². The van der Waals surface area contributed by atoms with Crippen molar-refractivity contribution in [3.05, 3.63) is 18.5 Å². The van der Waals surface area contributed by atoms with E-state index in [0.717, 1.165) is 23.4 Å². The summed E-state index contributed by atoms with van der Waals surface area (Å²) in [6, 6.07) is 2.33. The van der Waals surface area contributed by atoms with Crippen LogP contribution in [0.2, 0.25) is 0 Å². The summed E-state index contributed by atoms with van der Waals surface area (Å²) in [6.07, 6.45) is 11.4. The van der Waals surface area contributed by atoms with E-state index >= 15 is 0 Å². The normalized spacial score (nSPS) is 20.6. The fraction of sp³-hybridized carbons (Fsp3) is 0.533. The average molecular weight is 302 g/mol. The van der Waals surface area contributed by atoms with E-state index in [1.54, 1.807) is 12.4 Å². The van der Waals surface area contributed by atoms with Crippen LogP contribution >= 0.6 is 11.3 Å². The zero-order valence-electron chi connectivity index (χ0n) is 11.8. The summed E-state index contributed by atoms with van der Waals surface area (Å²) in [6.45, 7) is 0. The molecule has 2 saturated carbocycles. The molecule has 2 aromatic heterocycles. The lowest BCUT2D eigenvalue weighted by molar-refractivity contribution is 0.114. The minimum absolute atomic E-state index is 0.262. The van der Waals surface area contributed by atoms with Gasteiger partial charge in [-0.1, -0.05) is 11.3 Å². The average Bonchev–Trinajstić information content (AvgIpc) is 3.12. The molecule has 0 amide bonds. The van der Waals surface area contributed by atoms with Crippen LogP contribution in [0.1, 0.15) is 38.5 Å². The molecule has 2 heterocycles. The maximum atomic E-state index is 5.98. The molecule has 0 unspecified atom stereocenters. The van der Waals surface area contributed by atoms with E-state index < -0.39 is 0 Å². The van der Waals surface area contributed by atoms with Gasteiger partial charge in [-0.15, -0.1) is 0 Å². The molecule has 0 saturated heterocycles. The summed E-state index contributed by atoms with van der Waals surface area (Å²) in [5.74, 6) is 0. The Morgan fingerprint density at radius 3 is 2.67 bits per heavy atom. The van der Waals surface area contributed by atoms with Gasteiger partial charge >= 0.3 is 6.01 Å². The quantitative estimate of drug-likeness (QED) is 0.941. The zero-order chi connectivity index (χ0) is 14.3. The molecular weight excluding hydrogens is 284 g/mol. The number of hydrogen-bond donors (Lipinski definition) is 1. The summed E-state index contributed by atoms with van der Waals surface area (Å²) < 4.78 is 5.98. The maximum absolute atomic E-state index is 5.98. The number of hydrogen-bond acceptors (Lipinski definition) is 6. The molecule has 2 aliphatic rings. The standard InChI is InChI=1S/C15H18N4OS/c16-13-18-9-12(21-13)11-3-8-17-14(19-11)20-10-1-4-15(5-2-10)6-7-15/h3,8-10H,1-2,4-7H2,(H2,16,18). The van der Waals surface area contributed by atoms with Gasteiger partial charge in [0.2, 0.25) is 0 Å². The maximum Gasteiger partial charge on any atom is 0.317 e. The van der Waals surface area contributed by atoms with Gasteiger partial charge in [-0.05, 0) is 50.0 Å². The third-order valence-electron chi connectivity index (χ3n) is 4.63. The summed E-state index contributed by atoms with van der Waals surface area (Å²) in [7, 11) is 0. The molecule has 5 nitrogen and oxygen atoms in total. The highest BCUT2D eigenvalue weighted by molar-refractivity contribution is 7.18. The monoisotopic (exact) mass is 302 g/mol. The van der Waals surface area contributed by atoms with E-state index in [1.165, 1.54) is 37.0 Å². The molecule has 2 aromatic rings. The van der Waals surface area contributed by atoms with E-state index in [1.807, 2.05) is 6.07 Å². The lowest BCUT2D eigenvalue weighted by atomic mass is 9.85. The molecule has 21 heavy (non-hydrogen) atoms. The van der Waals surface area contributed by atoms with Crippen LogP contribution in [0.5, 0.6) is 6.01 Å². The van der Waals surface area contributed by atoms with Crippen LogP contribution < -0.4 is 10.5 Å². The molecule has 6 heteroatoms. The van der Waals surface area contributed by atoms with Gasteiger partial charge in [-0.25, -0.2) is 9.97 Å². The Bertz CT molecular complexity index is 643. The smallest absolute Gasteiger partial charge is 0.317 e. The number of ether oxygens (including phenoxy) is 1. The Balaban J connectivity index is 1.45. The van der Waals surface area contributed by atoms with Gasteiger partial charge < -0.3 is 10.5 Å². The fourth-order valence-corrected chi connectivity index (χ4v) is 3.74. The molecule has 4 rings (SSSR count). The van der Waals surface area contributed by atoms with Crippen LogP contribution in [0.4, 0.5) is 5.13 Å². The number of rotatable bonds is 3. The molecule has 2 N–H and O–H groups in total. The Morgan fingerprint density at radius 1 is 1.19 bits per heavy atom. The first kappa shape index (κ1) is 13.0. The van der Waals surface area contributed by atoms with Crippen LogP contribution in [0.15, 0.2) is 18.5 Å². The Kier molecular flexibility index (Phi) is 3.06. The Labute approximate surface area is 127 Å². The summed E-state index contributed by atoms with van der Waals surface area (Å²) >= 11 is 1.42. The topological polar surface area (TPSA) is 73.9 Å². The van der Waals surface area contributed by atoms with E-state index in [9.17, 15) is 0 Å². The second-order valence-corrected chi connectivity index (χ2v) is 7.17. The molecule has 0 aliphatic heterocycles. The first-order valence-corrected chi connectivity index (χ1v) is 8.26. The largest absolute Gasteiger partial charge is 0.460 e. The Morgan fingerprint density at radius 2 is 2.00 bits per heavy atom. The highest BCUT2D eigenvalue weighted by Gasteiger charge is 2.45. The van der Waals surface area contributed by atoms with Crippen molar-refractivity contribution in [1.82, 2.24) is 15.0 Å². The third kappa shape index (κ3) is 2.72. The van der Waals surface area contributed by atoms with Gasteiger partial charge in [0.1, 0.15) is 6.10 Å². The fourth-order valence-electron chi connectivity index (χ4n) is 3.09. The zero-order valence-corrected chi connectivity index (χ0v) is 12.6. The van der Waals surface area contributed by atoms with Crippen molar-refractivity contribution < 1.29 is 4.74 Å². The van der Waals surface area contributed by atoms with Gasteiger partial charge in [-0.2, -0.15) is 4.98 Å². The number of thiazole rings is 1. The second kappa shape index (κ2) is 4.94. The third-order valence-corrected chi connectivity index (χ3v) is 5.48. The predicted octanol–water partition coefficient (Wildman–Crippen LogP) is 3.28. The van der Waals surface area contributed by atoms with Crippen LogP contribution in [-0.4, -0.2) is 21.1 Å². The predicted molar refractivity (Wildman–Crippen MR) is 82.1 cm³/mol. The summed E-state index contributed by atoms with van der Waals surface area (Å²) in [5, 5.41) is 0.549. The molecule has 0 atom stereocenters. The highest BCUT2D eigenvalue weighted by atomic mass is 32.1. The van der Waals surface area contributed by atoms with Gasteiger partial charge in [-0.3, -0.25) is 0 Å². The van der Waals surface area contributed by atoms with Crippen LogP contribution in [0, 0.1) is 5.41 Å². The SMILES string of the molecule is Nc1ncc(-c2ccnc(OC3CCC4(CC3)CC4)n2)s1. The highest BCUT2D eigenvalue weighted by Crippen LogP contribution is 2.56. The molecule has 0 bridgehead atoms. The van der Waals surface area contributed by atoms with E-state index in [-0.39, 0.29) is 6.10 Å². The van der Waals surface area contributed by atoms with Crippen LogP contribution in [-0.2, 0) is 0 Å². The number of anilines is 1. The second-order valence-electron chi connectivity index (χ2n) is 6.10. The van der Waals surface area contributed by atoms with Gasteiger partial charge in [0.15, 0.2) is 5.13 Å². The lowest BCUT2D eigenvalue weighted by Gasteiger charge is -2.28. The number of nitrogens with zero attached hydrogens (tertiary/aromatic N) is 3. The van der Waals surface area contributed by atoms with E-state index in [0.29, 0.717) is 16.6 Å². The molecule has 110 valence electrons. The molecule has 2 aliphatic carbocycles. The molecular formula is C15H18N4OS. The van der Waals surface area contributed by atoms with Crippen molar-refractivity contribution in [2.75, 3.05) is 5.73 Å². The summed E-state index contributed by atoms with van der Waals surface area (Å²) in [4.78, 5) is 13.7. The van der Waals surface area contributed by atoms with Crippen molar-refractivity contribution in [2.24, 2.45) is 5.41 Å². The van der Waals surface area contributed by atoms with Crippen molar-refractivity contribution in [3.63, 3.8) is 0 Å². The van der Waals surface area contributed by atoms with Gasteiger partial charge in [0.05, 0.1) is 10.6 Å². The number of nitrogens with two attached hydrogens (primary N) is 1. The van der Waals surface area contributed by atoms with Crippen molar-refractivity contribution in [1.29, 1.82) is 0 Å². The number of nitrogen functional groups attached to an aromatic ring is 1. The van der Waals surface area contributed by atoms with E-state index in [4.69, 9.17) is 10.5 Å². The van der Waals surface area contributed by atoms with Gasteiger partial charge in [0, 0.05) is 12.4 Å². The minimum Gasteiger partial charge on any atom is -0.460 e. The first-order valence-electron chi connectivity index (χ1n) is 7.44. The van der Waals surface area contributed by atoms with Gasteiger partial charge in [0.25, 0.3) is 0 Å². The molecule has 2 fully saturated rings. The van der Waals surface area contributed by atoms with Crippen molar-refractivity contribution in [3.8, 4) is 16.6 Å². The first-order chi connectivity index (χ1) is 10.2. The Hall–Kier alpha value is -1.69. The lowest BCUT2D eigenvalue weighted by Crippen LogP contribution is -2.25. The molecule has 0 radical (unpaired) electrons. The molecule has 0 aromatic carbocycles. The minimum atomic E-state index is 0.262. The van der Waals surface area contributed by atoms with Crippen LogP contribution in [0.3, 0.4) is 0 Å².